The number of aliphatic hydroxyl groups excluding tert-OH is 1. The molecule has 98 heavy (non-hydrogen) atoms. The highest BCUT2D eigenvalue weighted by Crippen LogP contribution is 2.45. The number of ether oxygens (including phenoxy) is 4. The van der Waals surface area contributed by atoms with Gasteiger partial charge in [-0.15, -0.1) is 0 Å². The number of unbranched alkanes of at least 4 members (excludes halogenated alkanes) is 45. The second-order valence-corrected chi connectivity index (χ2v) is 32.8. The number of hydrogen-bond donors (Lipinski definition) is 3. The zero-order valence-electron chi connectivity index (χ0n) is 64.3. The second-order valence-electron chi connectivity index (χ2n) is 29.9. The first kappa shape index (κ1) is 96.1. The molecule has 5 atom stereocenters. The summed E-state index contributed by atoms with van der Waals surface area (Å²) in [5, 5.41) is 10.6. The lowest BCUT2D eigenvalue weighted by Gasteiger charge is -2.21. The summed E-state index contributed by atoms with van der Waals surface area (Å²) in [4.78, 5) is 72.7. The Hall–Kier alpha value is -1.94. The van der Waals surface area contributed by atoms with Gasteiger partial charge in [0.05, 0.1) is 26.4 Å². The highest BCUT2D eigenvalue weighted by Gasteiger charge is 2.30. The molecule has 582 valence electrons. The highest BCUT2D eigenvalue weighted by molar-refractivity contribution is 7.47. The Kier molecular flexibility index (Phi) is 68.1. The predicted molar refractivity (Wildman–Crippen MR) is 400 cm³/mol. The zero-order chi connectivity index (χ0) is 72.3. The molecule has 0 radical (unpaired) electrons. The van der Waals surface area contributed by atoms with Gasteiger partial charge in [0.2, 0.25) is 0 Å². The van der Waals surface area contributed by atoms with E-state index in [4.69, 9.17) is 37.0 Å². The van der Waals surface area contributed by atoms with Gasteiger partial charge in [-0.3, -0.25) is 37.3 Å². The van der Waals surface area contributed by atoms with Crippen LogP contribution < -0.4 is 0 Å². The van der Waals surface area contributed by atoms with Gasteiger partial charge in [0, 0.05) is 25.7 Å². The maximum Gasteiger partial charge on any atom is 0.472 e. The van der Waals surface area contributed by atoms with Crippen molar-refractivity contribution in [3.63, 3.8) is 0 Å². The molecule has 0 heterocycles. The molecule has 0 aliphatic heterocycles. The van der Waals surface area contributed by atoms with Crippen molar-refractivity contribution in [2.75, 3.05) is 39.6 Å². The molecule has 0 aromatic carbocycles. The van der Waals surface area contributed by atoms with E-state index in [9.17, 15) is 43.2 Å². The van der Waals surface area contributed by atoms with Crippen LogP contribution in [0, 0.1) is 17.8 Å². The number of aliphatic hydroxyl groups is 1. The van der Waals surface area contributed by atoms with Crippen molar-refractivity contribution in [1.29, 1.82) is 0 Å². The summed E-state index contributed by atoms with van der Waals surface area (Å²) >= 11 is 0. The quantitative estimate of drug-likeness (QED) is 0.0222. The molecule has 0 saturated heterocycles. The number of carbonyl (C=O) groups excluding carboxylic acids is 4. The van der Waals surface area contributed by atoms with E-state index in [1.54, 1.807) is 0 Å². The smallest absolute Gasteiger partial charge is 0.462 e. The SMILES string of the molecule is CCCCCCCC(=O)OC[C@H](COP(=O)(O)OC[C@H](O)COP(=O)(O)OC[C@@H](COC(=O)CCCCCCCCCCCCCCCCCC(C)C)OC(=O)CCCCCCCCCCCCCCCCCC(C)C)OC(=O)CCCCCCCCCCCCCCCCC(C)C. The van der Waals surface area contributed by atoms with Crippen LogP contribution in [0.2, 0.25) is 0 Å². The number of carbonyl (C=O) groups is 4. The van der Waals surface area contributed by atoms with Gasteiger partial charge < -0.3 is 33.8 Å². The van der Waals surface area contributed by atoms with Crippen molar-refractivity contribution in [3.05, 3.63) is 0 Å². The Bertz CT molecular complexity index is 1900. The molecule has 0 rings (SSSR count). The summed E-state index contributed by atoms with van der Waals surface area (Å²) in [6.07, 6.45) is 57.3. The van der Waals surface area contributed by atoms with Crippen LogP contribution in [0.4, 0.5) is 0 Å². The number of phosphoric ester groups is 2. The van der Waals surface area contributed by atoms with Crippen LogP contribution in [-0.2, 0) is 65.4 Å². The largest absolute Gasteiger partial charge is 0.472 e. The van der Waals surface area contributed by atoms with Crippen molar-refractivity contribution in [2.24, 2.45) is 17.8 Å². The molecule has 0 aromatic rings. The van der Waals surface area contributed by atoms with Gasteiger partial charge in [-0.25, -0.2) is 9.13 Å². The van der Waals surface area contributed by atoms with E-state index in [1.807, 2.05) is 0 Å². The normalized spacial score (nSPS) is 14.0. The van der Waals surface area contributed by atoms with Gasteiger partial charge in [0.1, 0.15) is 19.3 Å². The van der Waals surface area contributed by atoms with Gasteiger partial charge in [0.25, 0.3) is 0 Å². The van der Waals surface area contributed by atoms with Crippen molar-refractivity contribution >= 4 is 39.5 Å². The molecular weight excluding hydrogens is 1280 g/mol. The Balaban J connectivity index is 5.13. The van der Waals surface area contributed by atoms with Crippen LogP contribution in [0.25, 0.3) is 0 Å². The molecule has 0 aliphatic rings. The Morgan fingerprint density at radius 1 is 0.276 bits per heavy atom. The van der Waals surface area contributed by atoms with Gasteiger partial charge in [-0.2, -0.15) is 0 Å². The number of esters is 4. The third-order valence-corrected chi connectivity index (χ3v) is 20.3. The Morgan fingerprint density at radius 3 is 0.694 bits per heavy atom. The monoisotopic (exact) mass is 1440 g/mol. The second kappa shape index (κ2) is 69.4. The van der Waals surface area contributed by atoms with Gasteiger partial charge >= 0.3 is 39.5 Å². The Labute approximate surface area is 600 Å². The third kappa shape index (κ3) is 72.4. The maximum atomic E-state index is 13.1. The first-order chi connectivity index (χ1) is 47.2. The lowest BCUT2D eigenvalue weighted by Crippen LogP contribution is -2.30. The summed E-state index contributed by atoms with van der Waals surface area (Å²) in [5.41, 5.74) is 0. The van der Waals surface area contributed by atoms with Gasteiger partial charge in [-0.05, 0) is 43.4 Å². The molecule has 0 fully saturated rings. The summed E-state index contributed by atoms with van der Waals surface area (Å²) in [6.45, 7) is 11.9. The van der Waals surface area contributed by atoms with E-state index in [0.717, 1.165) is 114 Å². The van der Waals surface area contributed by atoms with Crippen LogP contribution in [0.15, 0.2) is 0 Å². The zero-order valence-corrected chi connectivity index (χ0v) is 66.0. The summed E-state index contributed by atoms with van der Waals surface area (Å²) in [5.74, 6) is 0.280. The topological polar surface area (TPSA) is 237 Å². The first-order valence-corrected chi connectivity index (χ1v) is 43.8. The molecule has 3 N–H and O–H groups in total. The third-order valence-electron chi connectivity index (χ3n) is 18.4. The van der Waals surface area contributed by atoms with E-state index < -0.39 is 97.5 Å². The van der Waals surface area contributed by atoms with Crippen molar-refractivity contribution in [3.8, 4) is 0 Å². The minimum absolute atomic E-state index is 0.106. The molecule has 0 bridgehead atoms. The van der Waals surface area contributed by atoms with E-state index in [-0.39, 0.29) is 25.7 Å². The van der Waals surface area contributed by atoms with Crippen LogP contribution in [0.5, 0.6) is 0 Å². The summed E-state index contributed by atoms with van der Waals surface area (Å²) in [6, 6.07) is 0. The van der Waals surface area contributed by atoms with E-state index in [2.05, 4.69) is 48.5 Å². The number of hydrogen-bond acceptors (Lipinski definition) is 15. The minimum atomic E-state index is -4.96. The molecule has 0 aliphatic carbocycles. The molecule has 19 heteroatoms. The van der Waals surface area contributed by atoms with E-state index in [1.165, 1.54) is 212 Å². The number of phosphoric acid groups is 2. The number of rotatable bonds is 77. The van der Waals surface area contributed by atoms with Gasteiger partial charge in [0.15, 0.2) is 12.2 Å². The summed E-state index contributed by atoms with van der Waals surface area (Å²) < 4.78 is 68.4. The fourth-order valence-electron chi connectivity index (χ4n) is 12.1. The van der Waals surface area contributed by atoms with Crippen LogP contribution in [-0.4, -0.2) is 96.7 Å². The molecular formula is C79H154O17P2. The molecule has 2 unspecified atom stereocenters. The lowest BCUT2D eigenvalue weighted by molar-refractivity contribution is -0.161. The van der Waals surface area contributed by atoms with Crippen LogP contribution >= 0.6 is 15.6 Å². The van der Waals surface area contributed by atoms with Crippen molar-refractivity contribution < 1.29 is 80.2 Å². The van der Waals surface area contributed by atoms with E-state index >= 15 is 0 Å². The van der Waals surface area contributed by atoms with E-state index in [0.29, 0.717) is 25.7 Å². The average molecular weight is 1440 g/mol. The molecule has 0 aromatic heterocycles. The lowest BCUT2D eigenvalue weighted by atomic mass is 10.0. The van der Waals surface area contributed by atoms with Gasteiger partial charge in [-0.1, -0.05) is 357 Å². The minimum Gasteiger partial charge on any atom is -0.462 e. The first-order valence-electron chi connectivity index (χ1n) is 40.8. The van der Waals surface area contributed by atoms with Crippen molar-refractivity contribution in [2.45, 2.75) is 426 Å². The predicted octanol–water partition coefficient (Wildman–Crippen LogP) is 23.4. The summed E-state index contributed by atoms with van der Waals surface area (Å²) in [7, 11) is -9.91. The molecule has 0 saturated carbocycles. The van der Waals surface area contributed by atoms with Crippen molar-refractivity contribution in [1.82, 2.24) is 0 Å². The highest BCUT2D eigenvalue weighted by atomic mass is 31.2. The molecule has 0 spiro atoms. The molecule has 0 amide bonds. The van der Waals surface area contributed by atoms with Crippen LogP contribution in [0.1, 0.15) is 408 Å². The Morgan fingerprint density at radius 2 is 0.469 bits per heavy atom. The fraction of sp³-hybridized carbons (Fsp3) is 0.949. The van der Waals surface area contributed by atoms with Crippen LogP contribution in [0.3, 0.4) is 0 Å². The fourth-order valence-corrected chi connectivity index (χ4v) is 13.7. The maximum absolute atomic E-state index is 13.1. The average Bonchev–Trinajstić information content (AvgIpc) is 1.02. The molecule has 17 nitrogen and oxygen atoms in total. The standard InChI is InChI=1S/C79H154O17P2/c1-8-9-10-43-53-60-76(81)89-66-74(95-78(83)62-55-49-42-36-30-24-18-17-21-27-33-39-46-52-59-72(6)7)68-93-97(85,86)91-64-73(80)65-92-98(87,88)94-69-75(96-79(84)63-56-48-41-35-29-23-16-12-14-20-26-32-38-45-51-58-71(4)5)67-90-77(82)61-54-47-40-34-28-22-15-11-13-19-25-31-37-44-50-57-70(2)3/h70-75,80H,8-69H2,1-7H3,(H,85,86)(H,87,88)/t73-,74+,75+/m0/s1.